The zero-order valence-corrected chi connectivity index (χ0v) is 18.8. The number of fused-ring (bicyclic) bond motifs is 1. The first-order valence-electron chi connectivity index (χ1n) is 11.3. The van der Waals surface area contributed by atoms with Crippen LogP contribution in [0.1, 0.15) is 31.1 Å². The van der Waals surface area contributed by atoms with E-state index >= 15 is 0 Å². The lowest BCUT2D eigenvalue weighted by Crippen LogP contribution is -2.30. The van der Waals surface area contributed by atoms with Gasteiger partial charge in [0.05, 0.1) is 0 Å². The van der Waals surface area contributed by atoms with Crippen LogP contribution >= 0.6 is 0 Å². The standard InChI is InChI=1S/C25H31N5O2/c1-19(2)25(31)26-13-11-23-27-28-24-12-14-29(15-16-30(23)24)18-20-7-6-10-22(17-20)32-21-8-4-3-5-9-21/h3-10,17,19H,11-16,18H2,1-2H3,(H,26,31). The summed E-state index contributed by atoms with van der Waals surface area (Å²) in [5.74, 6) is 3.74. The van der Waals surface area contributed by atoms with Crippen LogP contribution in [-0.2, 0) is 30.7 Å². The van der Waals surface area contributed by atoms with Crippen molar-refractivity contribution in [3.05, 3.63) is 71.8 Å². The second-order valence-electron chi connectivity index (χ2n) is 8.47. The van der Waals surface area contributed by atoms with E-state index in [9.17, 15) is 4.79 Å². The number of para-hydroxylation sites is 1. The Morgan fingerprint density at radius 2 is 1.84 bits per heavy atom. The summed E-state index contributed by atoms with van der Waals surface area (Å²) in [6, 6.07) is 18.1. The number of ether oxygens (including phenoxy) is 1. The number of hydrogen-bond donors (Lipinski definition) is 1. The Morgan fingerprint density at radius 3 is 2.66 bits per heavy atom. The molecular weight excluding hydrogens is 402 g/mol. The molecule has 0 saturated heterocycles. The topological polar surface area (TPSA) is 72.3 Å². The monoisotopic (exact) mass is 433 g/mol. The van der Waals surface area contributed by atoms with Gasteiger partial charge in [-0.2, -0.15) is 0 Å². The highest BCUT2D eigenvalue weighted by atomic mass is 16.5. The van der Waals surface area contributed by atoms with Gasteiger partial charge in [-0.25, -0.2) is 0 Å². The fourth-order valence-electron chi connectivity index (χ4n) is 3.86. The average Bonchev–Trinajstić information content (AvgIpc) is 3.06. The lowest BCUT2D eigenvalue weighted by atomic mass is 10.2. The van der Waals surface area contributed by atoms with E-state index in [1.54, 1.807) is 0 Å². The third-order valence-electron chi connectivity index (χ3n) is 5.65. The second kappa shape index (κ2) is 10.4. The molecule has 7 heteroatoms. The summed E-state index contributed by atoms with van der Waals surface area (Å²) < 4.78 is 8.20. The predicted octanol–water partition coefficient (Wildman–Crippen LogP) is 3.44. The molecule has 0 fully saturated rings. The van der Waals surface area contributed by atoms with Gasteiger partial charge in [-0.05, 0) is 29.8 Å². The van der Waals surface area contributed by atoms with Crippen LogP contribution < -0.4 is 10.1 Å². The molecule has 168 valence electrons. The van der Waals surface area contributed by atoms with Crippen LogP contribution in [0.4, 0.5) is 0 Å². The van der Waals surface area contributed by atoms with Crippen LogP contribution in [0.2, 0.25) is 0 Å². The van der Waals surface area contributed by atoms with E-state index in [1.165, 1.54) is 5.56 Å². The zero-order chi connectivity index (χ0) is 22.3. The van der Waals surface area contributed by atoms with Crippen molar-refractivity contribution in [2.75, 3.05) is 19.6 Å². The van der Waals surface area contributed by atoms with Gasteiger partial charge in [0, 0.05) is 51.5 Å². The molecule has 4 rings (SSSR count). The molecule has 32 heavy (non-hydrogen) atoms. The summed E-state index contributed by atoms with van der Waals surface area (Å²) in [5, 5.41) is 11.7. The van der Waals surface area contributed by atoms with Crippen molar-refractivity contribution in [1.82, 2.24) is 25.0 Å². The Labute approximate surface area is 189 Å². The fraction of sp³-hybridized carbons (Fsp3) is 0.400. The number of rotatable bonds is 8. The van der Waals surface area contributed by atoms with Crippen LogP contribution in [0.15, 0.2) is 54.6 Å². The smallest absolute Gasteiger partial charge is 0.222 e. The van der Waals surface area contributed by atoms with Crippen molar-refractivity contribution >= 4 is 5.91 Å². The van der Waals surface area contributed by atoms with Gasteiger partial charge in [0.2, 0.25) is 5.91 Å². The fourth-order valence-corrected chi connectivity index (χ4v) is 3.86. The first-order chi connectivity index (χ1) is 15.6. The van der Waals surface area contributed by atoms with E-state index in [1.807, 2.05) is 56.3 Å². The highest BCUT2D eigenvalue weighted by molar-refractivity contribution is 5.77. The van der Waals surface area contributed by atoms with Gasteiger partial charge in [0.1, 0.15) is 23.1 Å². The van der Waals surface area contributed by atoms with Crippen LogP contribution in [0.5, 0.6) is 11.5 Å². The van der Waals surface area contributed by atoms with Crippen molar-refractivity contribution in [1.29, 1.82) is 0 Å². The lowest BCUT2D eigenvalue weighted by molar-refractivity contribution is -0.123. The van der Waals surface area contributed by atoms with Crippen molar-refractivity contribution in [2.24, 2.45) is 5.92 Å². The summed E-state index contributed by atoms with van der Waals surface area (Å²) in [4.78, 5) is 14.2. The third kappa shape index (κ3) is 5.73. The molecular formula is C25H31N5O2. The molecule has 2 aromatic carbocycles. The Kier molecular flexibility index (Phi) is 7.17. The van der Waals surface area contributed by atoms with Crippen molar-refractivity contribution in [2.45, 2.75) is 39.8 Å². The van der Waals surface area contributed by atoms with Gasteiger partial charge >= 0.3 is 0 Å². The molecule has 1 amide bonds. The number of hydrogen-bond acceptors (Lipinski definition) is 5. The van der Waals surface area contributed by atoms with Crippen LogP contribution in [-0.4, -0.2) is 45.2 Å². The van der Waals surface area contributed by atoms with Crippen LogP contribution in [0, 0.1) is 5.92 Å². The summed E-state index contributed by atoms with van der Waals surface area (Å²) in [7, 11) is 0. The molecule has 1 aliphatic rings. The molecule has 3 aromatic rings. The minimum Gasteiger partial charge on any atom is -0.457 e. The molecule has 0 bridgehead atoms. The number of nitrogens with zero attached hydrogens (tertiary/aromatic N) is 4. The predicted molar refractivity (Wildman–Crippen MR) is 124 cm³/mol. The Balaban J connectivity index is 1.33. The molecule has 7 nitrogen and oxygen atoms in total. The Bertz CT molecular complexity index is 1030. The molecule has 1 N–H and O–H groups in total. The number of carbonyl (C=O) groups excluding carboxylic acids is 1. The Hall–Kier alpha value is -3.19. The van der Waals surface area contributed by atoms with E-state index in [2.05, 4.69) is 37.1 Å². The zero-order valence-electron chi connectivity index (χ0n) is 18.8. The highest BCUT2D eigenvalue weighted by Gasteiger charge is 2.19. The quantitative estimate of drug-likeness (QED) is 0.589. The minimum atomic E-state index is -0.00401. The normalized spacial score (nSPS) is 14.1. The number of amides is 1. The van der Waals surface area contributed by atoms with E-state index in [4.69, 9.17) is 4.74 Å². The van der Waals surface area contributed by atoms with Gasteiger partial charge in [-0.3, -0.25) is 9.69 Å². The van der Waals surface area contributed by atoms with Crippen LogP contribution in [0.25, 0.3) is 0 Å². The summed E-state index contributed by atoms with van der Waals surface area (Å²) >= 11 is 0. The summed E-state index contributed by atoms with van der Waals surface area (Å²) in [6.45, 7) is 7.98. The van der Waals surface area contributed by atoms with Gasteiger partial charge in [0.15, 0.2) is 0 Å². The highest BCUT2D eigenvalue weighted by Crippen LogP contribution is 2.23. The van der Waals surface area contributed by atoms with E-state index in [0.29, 0.717) is 13.0 Å². The average molecular weight is 434 g/mol. The van der Waals surface area contributed by atoms with E-state index in [-0.39, 0.29) is 11.8 Å². The minimum absolute atomic E-state index is 0.00401. The molecule has 1 aliphatic heterocycles. The summed E-state index contributed by atoms with van der Waals surface area (Å²) in [5.41, 5.74) is 1.23. The number of aromatic nitrogens is 3. The number of carbonyl (C=O) groups is 1. The van der Waals surface area contributed by atoms with E-state index < -0.39 is 0 Å². The molecule has 0 unspecified atom stereocenters. The van der Waals surface area contributed by atoms with Gasteiger partial charge < -0.3 is 14.6 Å². The van der Waals surface area contributed by atoms with Crippen LogP contribution in [0.3, 0.4) is 0 Å². The molecule has 0 atom stereocenters. The molecule has 2 heterocycles. The van der Waals surface area contributed by atoms with Crippen molar-refractivity contribution < 1.29 is 9.53 Å². The number of benzene rings is 2. The van der Waals surface area contributed by atoms with Gasteiger partial charge in [-0.1, -0.05) is 44.2 Å². The van der Waals surface area contributed by atoms with Gasteiger partial charge in [-0.15, -0.1) is 10.2 Å². The molecule has 1 aromatic heterocycles. The maximum Gasteiger partial charge on any atom is 0.222 e. The summed E-state index contributed by atoms with van der Waals surface area (Å²) in [6.07, 6.45) is 1.57. The maximum atomic E-state index is 11.8. The molecule has 0 aliphatic carbocycles. The molecule has 0 saturated carbocycles. The van der Waals surface area contributed by atoms with E-state index in [0.717, 1.165) is 55.7 Å². The van der Waals surface area contributed by atoms with Crippen molar-refractivity contribution in [3.8, 4) is 11.5 Å². The molecule has 0 spiro atoms. The number of nitrogens with one attached hydrogen (secondary N) is 1. The first-order valence-corrected chi connectivity index (χ1v) is 11.3. The SMILES string of the molecule is CC(C)C(=O)NCCc1nnc2n1CCN(Cc1cccc(Oc3ccccc3)c1)CC2. The Morgan fingerprint density at radius 1 is 1.03 bits per heavy atom. The van der Waals surface area contributed by atoms with Crippen molar-refractivity contribution in [3.63, 3.8) is 0 Å². The third-order valence-corrected chi connectivity index (χ3v) is 5.65. The largest absolute Gasteiger partial charge is 0.457 e. The van der Waals surface area contributed by atoms with Gasteiger partial charge in [0.25, 0.3) is 0 Å². The maximum absolute atomic E-state index is 11.8. The first kappa shape index (κ1) is 22.0. The second-order valence-corrected chi connectivity index (χ2v) is 8.47. The lowest BCUT2D eigenvalue weighted by Gasteiger charge is -2.20. The molecule has 0 radical (unpaired) electrons.